The molecule has 0 saturated carbocycles. The van der Waals surface area contributed by atoms with Crippen molar-refractivity contribution < 1.29 is 9.53 Å². The maximum atomic E-state index is 11.3. The average molecular weight is 248 g/mol. The molecule has 18 heavy (non-hydrogen) atoms. The summed E-state index contributed by atoms with van der Waals surface area (Å²) in [6.45, 7) is 6.94. The van der Waals surface area contributed by atoms with E-state index in [4.69, 9.17) is 10.6 Å². The van der Waals surface area contributed by atoms with Crippen LogP contribution in [0.4, 0.5) is 0 Å². The van der Waals surface area contributed by atoms with Crippen LogP contribution >= 0.6 is 0 Å². The second kappa shape index (κ2) is 7.63. The molecule has 1 amide bonds. The lowest BCUT2D eigenvalue weighted by atomic mass is 10.1. The summed E-state index contributed by atoms with van der Waals surface area (Å²) in [4.78, 5) is 11.3. The summed E-state index contributed by atoms with van der Waals surface area (Å²) < 4.78 is 5.56. The van der Waals surface area contributed by atoms with Crippen molar-refractivity contribution >= 4 is 5.91 Å². The zero-order valence-corrected chi connectivity index (χ0v) is 10.7. The highest BCUT2D eigenvalue weighted by Crippen LogP contribution is 2.11. The van der Waals surface area contributed by atoms with Gasteiger partial charge in [-0.15, -0.1) is 6.58 Å². The quantitative estimate of drug-likeness (QED) is 0.254. The van der Waals surface area contributed by atoms with Gasteiger partial charge in [0.25, 0.3) is 0 Å². The third-order valence-electron chi connectivity index (χ3n) is 2.56. The van der Waals surface area contributed by atoms with Crippen LogP contribution in [0.2, 0.25) is 0 Å². The van der Waals surface area contributed by atoms with Gasteiger partial charge in [-0.3, -0.25) is 10.2 Å². The highest BCUT2D eigenvalue weighted by Gasteiger charge is 2.06. The number of amides is 1. The molecule has 0 spiro atoms. The van der Waals surface area contributed by atoms with Crippen molar-refractivity contribution in [3.8, 4) is 0 Å². The molecule has 0 aromatic heterocycles. The van der Waals surface area contributed by atoms with E-state index >= 15 is 0 Å². The molecule has 1 rings (SSSR count). The van der Waals surface area contributed by atoms with Crippen LogP contribution in [0.3, 0.4) is 0 Å². The zero-order chi connectivity index (χ0) is 13.4. The first-order valence-electron chi connectivity index (χ1n) is 5.92. The van der Waals surface area contributed by atoms with Gasteiger partial charge >= 0.3 is 0 Å². The normalized spacial score (nSPS) is 10.1. The highest BCUT2D eigenvalue weighted by atomic mass is 16.5. The molecule has 0 atom stereocenters. The molecule has 4 heteroatoms. The Labute approximate surface area is 108 Å². The number of hydrogen-bond acceptors (Lipinski definition) is 3. The van der Waals surface area contributed by atoms with Gasteiger partial charge in [0.2, 0.25) is 5.91 Å². The Balaban J connectivity index is 2.53. The van der Waals surface area contributed by atoms with Crippen molar-refractivity contribution in [2.45, 2.75) is 26.4 Å². The minimum Gasteiger partial charge on any atom is -0.376 e. The number of nitrogens with one attached hydrogen (secondary N) is 1. The van der Waals surface area contributed by atoms with Crippen LogP contribution in [0.25, 0.3) is 0 Å². The average Bonchev–Trinajstić information content (AvgIpc) is 2.36. The van der Waals surface area contributed by atoms with E-state index in [1.54, 1.807) is 0 Å². The Kier molecular flexibility index (Phi) is 6.11. The number of hydrogen-bond donors (Lipinski definition) is 2. The molecule has 0 unspecified atom stereocenters. The topological polar surface area (TPSA) is 64.3 Å². The smallest absolute Gasteiger partial charge is 0.238 e. The summed E-state index contributed by atoms with van der Waals surface area (Å²) in [6.07, 6.45) is 1.13. The molecule has 0 fully saturated rings. The maximum absolute atomic E-state index is 11.3. The van der Waals surface area contributed by atoms with E-state index in [-0.39, 0.29) is 12.3 Å². The van der Waals surface area contributed by atoms with Crippen LogP contribution < -0.4 is 11.3 Å². The summed E-state index contributed by atoms with van der Waals surface area (Å²) in [5, 5.41) is 0. The lowest BCUT2D eigenvalue weighted by molar-refractivity contribution is -0.120. The van der Waals surface area contributed by atoms with E-state index < -0.39 is 0 Å². The summed E-state index contributed by atoms with van der Waals surface area (Å²) in [6, 6.07) is 7.70. The van der Waals surface area contributed by atoms with E-state index in [0.29, 0.717) is 13.2 Å². The molecule has 98 valence electrons. The molecule has 0 radical (unpaired) electrons. The lowest BCUT2D eigenvalue weighted by Gasteiger charge is -2.09. The summed E-state index contributed by atoms with van der Waals surface area (Å²) in [7, 11) is 0. The minimum atomic E-state index is -0.204. The molecule has 1 aromatic carbocycles. The summed E-state index contributed by atoms with van der Waals surface area (Å²) in [5.41, 5.74) is 5.19. The van der Waals surface area contributed by atoms with Crippen LogP contribution in [-0.4, -0.2) is 12.5 Å². The van der Waals surface area contributed by atoms with E-state index in [1.807, 2.05) is 31.2 Å². The van der Waals surface area contributed by atoms with Gasteiger partial charge in [0.15, 0.2) is 0 Å². The number of carbonyl (C=O) groups is 1. The van der Waals surface area contributed by atoms with Gasteiger partial charge in [0.1, 0.15) is 0 Å². The predicted molar refractivity (Wildman–Crippen MR) is 71.6 cm³/mol. The van der Waals surface area contributed by atoms with Gasteiger partial charge in [-0.1, -0.05) is 29.8 Å². The molecule has 3 N–H and O–H groups in total. The first-order valence-corrected chi connectivity index (χ1v) is 5.92. The van der Waals surface area contributed by atoms with Crippen molar-refractivity contribution in [3.05, 3.63) is 47.5 Å². The van der Waals surface area contributed by atoms with E-state index in [2.05, 4.69) is 12.0 Å². The molecule has 0 aliphatic carbocycles. The number of ether oxygens (including phenoxy) is 1. The standard InChI is InChI=1S/C14H20N2O2/c1-11(2)7-8-18-10-13-6-4-3-5-12(13)9-14(17)16-15/h3-6H,1,7-10,15H2,2H3,(H,16,17). The number of hydrazine groups is 1. The second-order valence-corrected chi connectivity index (χ2v) is 4.27. The van der Waals surface area contributed by atoms with Crippen LogP contribution in [-0.2, 0) is 22.6 Å². The Morgan fingerprint density at radius 3 is 2.67 bits per heavy atom. The Hall–Kier alpha value is -1.65. The van der Waals surface area contributed by atoms with Gasteiger partial charge in [0, 0.05) is 0 Å². The summed E-state index contributed by atoms with van der Waals surface area (Å²) >= 11 is 0. The fourth-order valence-corrected chi connectivity index (χ4v) is 1.52. The SMILES string of the molecule is C=C(C)CCOCc1ccccc1CC(=O)NN. The van der Waals surface area contributed by atoms with Gasteiger partial charge < -0.3 is 4.74 Å². The zero-order valence-electron chi connectivity index (χ0n) is 10.7. The van der Waals surface area contributed by atoms with Gasteiger partial charge in [-0.2, -0.15) is 0 Å². The molecule has 0 saturated heterocycles. The van der Waals surface area contributed by atoms with Crippen LogP contribution in [0, 0.1) is 0 Å². The van der Waals surface area contributed by atoms with Crippen LogP contribution in [0.5, 0.6) is 0 Å². The molecule has 0 heterocycles. The largest absolute Gasteiger partial charge is 0.376 e. The second-order valence-electron chi connectivity index (χ2n) is 4.27. The Bertz CT molecular complexity index is 416. The van der Waals surface area contributed by atoms with Gasteiger partial charge in [-0.25, -0.2) is 5.84 Å². The number of carbonyl (C=O) groups excluding carboxylic acids is 1. The molecular formula is C14H20N2O2. The first kappa shape index (κ1) is 14.4. The molecule has 4 nitrogen and oxygen atoms in total. The van der Waals surface area contributed by atoms with Crippen molar-refractivity contribution in [1.82, 2.24) is 5.43 Å². The van der Waals surface area contributed by atoms with Crippen LogP contribution in [0.15, 0.2) is 36.4 Å². The molecule has 1 aromatic rings. The third kappa shape index (κ3) is 5.12. The number of nitrogens with two attached hydrogens (primary N) is 1. The fourth-order valence-electron chi connectivity index (χ4n) is 1.52. The Morgan fingerprint density at radius 2 is 2.06 bits per heavy atom. The van der Waals surface area contributed by atoms with Crippen molar-refractivity contribution in [2.75, 3.05) is 6.61 Å². The molecule has 0 aliphatic heterocycles. The van der Waals surface area contributed by atoms with E-state index in [0.717, 1.165) is 23.1 Å². The summed E-state index contributed by atoms with van der Waals surface area (Å²) in [5.74, 6) is 4.88. The van der Waals surface area contributed by atoms with E-state index in [9.17, 15) is 4.79 Å². The number of benzene rings is 1. The van der Waals surface area contributed by atoms with Crippen LogP contribution in [0.1, 0.15) is 24.5 Å². The maximum Gasteiger partial charge on any atom is 0.238 e. The minimum absolute atomic E-state index is 0.204. The van der Waals surface area contributed by atoms with Gasteiger partial charge in [0.05, 0.1) is 19.6 Å². The number of rotatable bonds is 7. The van der Waals surface area contributed by atoms with E-state index in [1.165, 1.54) is 0 Å². The van der Waals surface area contributed by atoms with Crippen molar-refractivity contribution in [3.63, 3.8) is 0 Å². The Morgan fingerprint density at radius 1 is 1.39 bits per heavy atom. The first-order chi connectivity index (χ1) is 8.63. The monoisotopic (exact) mass is 248 g/mol. The fraction of sp³-hybridized carbons (Fsp3) is 0.357. The lowest BCUT2D eigenvalue weighted by Crippen LogP contribution is -2.31. The molecular weight excluding hydrogens is 228 g/mol. The third-order valence-corrected chi connectivity index (χ3v) is 2.56. The van der Waals surface area contributed by atoms with Gasteiger partial charge in [-0.05, 0) is 24.5 Å². The molecule has 0 aliphatic rings. The van der Waals surface area contributed by atoms with Crippen molar-refractivity contribution in [1.29, 1.82) is 0 Å². The highest BCUT2D eigenvalue weighted by molar-refractivity contribution is 5.78. The molecule has 0 bridgehead atoms. The van der Waals surface area contributed by atoms with Crippen molar-refractivity contribution in [2.24, 2.45) is 5.84 Å². The predicted octanol–water partition coefficient (Wildman–Crippen LogP) is 1.70.